The summed E-state index contributed by atoms with van der Waals surface area (Å²) in [6, 6.07) is -0.489. The second kappa shape index (κ2) is 5.53. The summed E-state index contributed by atoms with van der Waals surface area (Å²) in [7, 11) is 0. The van der Waals surface area contributed by atoms with E-state index in [1.165, 1.54) is 0 Å². The summed E-state index contributed by atoms with van der Waals surface area (Å²) in [5, 5.41) is 10.7. The van der Waals surface area contributed by atoms with E-state index in [4.69, 9.17) is 10.8 Å². The van der Waals surface area contributed by atoms with Gasteiger partial charge in [0.15, 0.2) is 0 Å². The number of carbonyl (C=O) groups excluding carboxylic acids is 1. The number of hydrogen-bond acceptors (Lipinski definition) is 3. The van der Waals surface area contributed by atoms with Crippen molar-refractivity contribution in [2.45, 2.75) is 38.8 Å². The van der Waals surface area contributed by atoms with Gasteiger partial charge in [0.05, 0.1) is 0 Å². The zero-order valence-electron chi connectivity index (χ0n) is 7.91. The van der Waals surface area contributed by atoms with Gasteiger partial charge in [-0.1, -0.05) is 13.3 Å². The third kappa shape index (κ3) is 4.47. The Balaban J connectivity index is 4.09. The normalized spacial score (nSPS) is 14.7. The first-order valence-electron chi connectivity index (χ1n) is 4.28. The number of nitrogens with one attached hydrogen (secondary N) is 1. The lowest BCUT2D eigenvalue weighted by atomic mass is 10.1. The molecule has 0 aromatic heterocycles. The maximum absolute atomic E-state index is 10.8. The Kier molecular flexibility index (Phi) is 5.06. The highest BCUT2D eigenvalue weighted by Crippen LogP contribution is 1.99. The molecule has 13 heavy (non-hydrogen) atoms. The molecule has 0 bridgehead atoms. The Morgan fingerprint density at radius 2 is 2.08 bits per heavy atom. The Labute approximate surface area is 77.3 Å². The molecular weight excluding hydrogens is 172 g/mol. The number of carboxylic acids is 1. The van der Waals surface area contributed by atoms with Gasteiger partial charge in [0.1, 0.15) is 0 Å². The number of carboxylic acid groups (broad SMARTS) is 1. The van der Waals surface area contributed by atoms with E-state index in [0.29, 0.717) is 6.42 Å². The van der Waals surface area contributed by atoms with Crippen LogP contribution in [0.2, 0.25) is 0 Å². The van der Waals surface area contributed by atoms with Crippen LogP contribution >= 0.6 is 0 Å². The van der Waals surface area contributed by atoms with Crippen LogP contribution in [-0.2, 0) is 9.59 Å². The van der Waals surface area contributed by atoms with Crippen LogP contribution in [0.3, 0.4) is 0 Å². The first-order chi connectivity index (χ1) is 5.99. The average molecular weight is 188 g/mol. The Bertz CT molecular complexity index is 192. The van der Waals surface area contributed by atoms with Crippen LogP contribution in [-0.4, -0.2) is 29.1 Å². The lowest BCUT2D eigenvalue weighted by Gasteiger charge is -2.20. The van der Waals surface area contributed by atoms with Crippen molar-refractivity contribution in [1.82, 2.24) is 5.32 Å². The van der Waals surface area contributed by atoms with Gasteiger partial charge in [-0.25, -0.2) is 4.79 Å². The van der Waals surface area contributed by atoms with Crippen molar-refractivity contribution in [3.05, 3.63) is 0 Å². The third-order valence-electron chi connectivity index (χ3n) is 1.75. The second-order valence-corrected chi connectivity index (χ2v) is 3.03. The van der Waals surface area contributed by atoms with Gasteiger partial charge in [-0.2, -0.15) is 0 Å². The molecule has 0 aliphatic heterocycles. The van der Waals surface area contributed by atoms with E-state index in [1.807, 2.05) is 6.92 Å². The van der Waals surface area contributed by atoms with Crippen LogP contribution in [0.15, 0.2) is 0 Å². The third-order valence-corrected chi connectivity index (χ3v) is 1.75. The Hall–Kier alpha value is -1.10. The molecule has 0 aliphatic rings. The fraction of sp³-hybridized carbons (Fsp3) is 0.750. The molecule has 0 aromatic carbocycles. The van der Waals surface area contributed by atoms with Gasteiger partial charge < -0.3 is 16.2 Å². The number of nitrogens with two attached hydrogens (primary N) is 1. The smallest absolute Gasteiger partial charge is 0.394 e. The standard InChI is InChI=1S/C8H16N2O3/c1-3-4-6(5(2)9)10-7(11)8(12)13/h5-6H,3-4,9H2,1-2H3,(H,10,11)(H,12,13)/t5?,6-/m0/s1. The molecule has 0 aromatic rings. The minimum atomic E-state index is -1.47. The van der Waals surface area contributed by atoms with Gasteiger partial charge in [0.2, 0.25) is 0 Å². The second-order valence-electron chi connectivity index (χ2n) is 3.03. The highest BCUT2D eigenvalue weighted by Gasteiger charge is 2.19. The largest absolute Gasteiger partial charge is 0.474 e. The maximum atomic E-state index is 10.8. The number of carbonyl (C=O) groups is 2. The van der Waals surface area contributed by atoms with Crippen molar-refractivity contribution in [2.75, 3.05) is 0 Å². The van der Waals surface area contributed by atoms with Crippen molar-refractivity contribution < 1.29 is 14.7 Å². The van der Waals surface area contributed by atoms with E-state index in [-0.39, 0.29) is 12.1 Å². The zero-order valence-corrected chi connectivity index (χ0v) is 7.91. The van der Waals surface area contributed by atoms with E-state index in [1.54, 1.807) is 6.92 Å². The van der Waals surface area contributed by atoms with Gasteiger partial charge in [0.25, 0.3) is 0 Å². The lowest BCUT2D eigenvalue weighted by Crippen LogP contribution is -2.48. The highest BCUT2D eigenvalue weighted by molar-refractivity contribution is 6.31. The van der Waals surface area contributed by atoms with E-state index >= 15 is 0 Å². The molecule has 0 spiro atoms. The topological polar surface area (TPSA) is 92.4 Å². The van der Waals surface area contributed by atoms with Crippen LogP contribution < -0.4 is 11.1 Å². The lowest BCUT2D eigenvalue weighted by molar-refractivity contribution is -0.150. The Morgan fingerprint density at radius 3 is 2.38 bits per heavy atom. The summed E-state index contributed by atoms with van der Waals surface area (Å²) < 4.78 is 0. The van der Waals surface area contributed by atoms with Crippen LogP contribution in [0.5, 0.6) is 0 Å². The summed E-state index contributed by atoms with van der Waals surface area (Å²) in [5.41, 5.74) is 5.56. The van der Waals surface area contributed by atoms with E-state index in [9.17, 15) is 9.59 Å². The molecule has 0 saturated heterocycles. The molecule has 0 heterocycles. The van der Waals surface area contributed by atoms with E-state index in [0.717, 1.165) is 6.42 Å². The summed E-state index contributed by atoms with van der Waals surface area (Å²) in [6.45, 7) is 3.69. The number of hydrogen-bond donors (Lipinski definition) is 3. The molecule has 1 amide bonds. The van der Waals surface area contributed by atoms with Gasteiger partial charge in [0, 0.05) is 12.1 Å². The first kappa shape index (κ1) is 11.9. The van der Waals surface area contributed by atoms with Crippen molar-refractivity contribution >= 4 is 11.9 Å². The number of amides is 1. The van der Waals surface area contributed by atoms with Gasteiger partial charge in [-0.15, -0.1) is 0 Å². The first-order valence-corrected chi connectivity index (χ1v) is 4.28. The molecule has 0 radical (unpaired) electrons. The number of aliphatic carboxylic acids is 1. The highest BCUT2D eigenvalue weighted by atomic mass is 16.4. The van der Waals surface area contributed by atoms with E-state index < -0.39 is 11.9 Å². The van der Waals surface area contributed by atoms with Gasteiger partial charge in [-0.3, -0.25) is 4.79 Å². The molecule has 1 unspecified atom stereocenters. The molecular formula is C8H16N2O3. The fourth-order valence-electron chi connectivity index (χ4n) is 1.01. The fourth-order valence-corrected chi connectivity index (χ4v) is 1.01. The molecule has 5 nitrogen and oxygen atoms in total. The van der Waals surface area contributed by atoms with Crippen LogP contribution in [0.25, 0.3) is 0 Å². The minimum Gasteiger partial charge on any atom is -0.474 e. The zero-order chi connectivity index (χ0) is 10.4. The molecule has 0 rings (SSSR count). The predicted octanol–water partition coefficient (Wildman–Crippen LogP) is -0.297. The van der Waals surface area contributed by atoms with Crippen molar-refractivity contribution in [1.29, 1.82) is 0 Å². The van der Waals surface area contributed by atoms with Gasteiger partial charge in [-0.05, 0) is 13.3 Å². The minimum absolute atomic E-state index is 0.233. The summed E-state index contributed by atoms with van der Waals surface area (Å²) in [5.74, 6) is -2.46. The van der Waals surface area contributed by atoms with Crippen molar-refractivity contribution in [3.63, 3.8) is 0 Å². The van der Waals surface area contributed by atoms with Crippen molar-refractivity contribution in [2.24, 2.45) is 5.73 Å². The van der Waals surface area contributed by atoms with Crippen molar-refractivity contribution in [3.8, 4) is 0 Å². The Morgan fingerprint density at radius 1 is 1.54 bits per heavy atom. The SMILES string of the molecule is CCC[C@H](NC(=O)C(=O)O)C(C)N. The molecule has 0 saturated carbocycles. The summed E-state index contributed by atoms with van der Waals surface area (Å²) in [4.78, 5) is 21.0. The summed E-state index contributed by atoms with van der Waals surface area (Å²) in [6.07, 6.45) is 1.54. The predicted molar refractivity (Wildman–Crippen MR) is 48.1 cm³/mol. The van der Waals surface area contributed by atoms with Crippen LogP contribution in [0, 0.1) is 0 Å². The van der Waals surface area contributed by atoms with Crippen LogP contribution in [0.4, 0.5) is 0 Å². The van der Waals surface area contributed by atoms with Crippen LogP contribution in [0.1, 0.15) is 26.7 Å². The molecule has 0 aliphatic carbocycles. The average Bonchev–Trinajstić information content (AvgIpc) is 2.03. The molecule has 4 N–H and O–H groups in total. The molecule has 76 valence electrons. The summed E-state index contributed by atoms with van der Waals surface area (Å²) >= 11 is 0. The maximum Gasteiger partial charge on any atom is 0.394 e. The molecule has 5 heteroatoms. The van der Waals surface area contributed by atoms with Gasteiger partial charge >= 0.3 is 11.9 Å². The molecule has 0 fully saturated rings. The quantitative estimate of drug-likeness (QED) is 0.528. The van der Waals surface area contributed by atoms with E-state index in [2.05, 4.69) is 5.32 Å². The molecule has 2 atom stereocenters. The number of rotatable bonds is 4. The monoisotopic (exact) mass is 188 g/mol.